The molecule has 4 heteroatoms. The van der Waals surface area contributed by atoms with Gasteiger partial charge in [0.05, 0.1) is 13.2 Å². The summed E-state index contributed by atoms with van der Waals surface area (Å²) in [6.45, 7) is 1.41. The number of esters is 1. The van der Waals surface area contributed by atoms with E-state index in [-0.39, 0.29) is 5.78 Å². The highest BCUT2D eigenvalue weighted by Gasteiger charge is 2.23. The van der Waals surface area contributed by atoms with Crippen LogP contribution in [0.3, 0.4) is 0 Å². The fourth-order valence-electron chi connectivity index (χ4n) is 1.54. The lowest BCUT2D eigenvalue weighted by atomic mass is 9.97. The van der Waals surface area contributed by atoms with Gasteiger partial charge in [0.25, 0.3) is 0 Å². The molecule has 0 aromatic heterocycles. The van der Waals surface area contributed by atoms with Gasteiger partial charge >= 0.3 is 5.97 Å². The summed E-state index contributed by atoms with van der Waals surface area (Å²) in [4.78, 5) is 22.4. The largest absolute Gasteiger partial charge is 0.468 e. The summed E-state index contributed by atoms with van der Waals surface area (Å²) >= 11 is 0. The lowest BCUT2D eigenvalue weighted by Gasteiger charge is -2.10. The van der Waals surface area contributed by atoms with Crippen LogP contribution in [0.1, 0.15) is 45.4 Å². The molecule has 0 aliphatic rings. The van der Waals surface area contributed by atoms with Gasteiger partial charge in [0, 0.05) is 6.42 Å². The molecular formula is C12H19NO3. The van der Waals surface area contributed by atoms with Crippen molar-refractivity contribution < 1.29 is 14.3 Å². The molecule has 0 saturated carbocycles. The quantitative estimate of drug-likeness (QED) is 0.361. The number of nitriles is 1. The lowest BCUT2D eigenvalue weighted by Crippen LogP contribution is -2.23. The van der Waals surface area contributed by atoms with Crippen molar-refractivity contribution in [2.45, 2.75) is 45.4 Å². The normalized spacial score (nSPS) is 11.6. The maximum absolute atomic E-state index is 11.2. The highest BCUT2D eigenvalue weighted by molar-refractivity contribution is 5.97. The molecule has 0 amide bonds. The number of unbranched alkanes of at least 4 members (excludes halogenated alkanes) is 4. The summed E-state index contributed by atoms with van der Waals surface area (Å²) in [6.07, 6.45) is 4.76. The smallest absolute Gasteiger partial charge is 0.316 e. The van der Waals surface area contributed by atoms with Crippen molar-refractivity contribution in [2.75, 3.05) is 7.11 Å². The summed E-state index contributed by atoms with van der Waals surface area (Å²) in [5, 5.41) is 8.33. The Kier molecular flexibility index (Phi) is 8.14. The Balaban J connectivity index is 3.74. The molecule has 0 aromatic carbocycles. The average Bonchev–Trinajstić information content (AvgIpc) is 2.26. The third kappa shape index (κ3) is 6.18. The summed E-state index contributed by atoms with van der Waals surface area (Å²) in [5.41, 5.74) is 0. The molecule has 0 saturated heterocycles. The minimum absolute atomic E-state index is 0.135. The number of carbonyl (C=O) groups is 2. The van der Waals surface area contributed by atoms with Crippen LogP contribution in [0.4, 0.5) is 0 Å². The molecule has 0 heterocycles. The second-order valence-corrected chi connectivity index (χ2v) is 3.80. The van der Waals surface area contributed by atoms with Gasteiger partial charge in [-0.15, -0.1) is 0 Å². The van der Waals surface area contributed by atoms with Crippen molar-refractivity contribution in [3.63, 3.8) is 0 Å². The Hall–Kier alpha value is -1.37. The highest BCUT2D eigenvalue weighted by Crippen LogP contribution is 2.14. The van der Waals surface area contributed by atoms with Crippen LogP contribution in [0.25, 0.3) is 0 Å². The zero-order valence-corrected chi connectivity index (χ0v) is 9.99. The molecular weight excluding hydrogens is 206 g/mol. The number of methoxy groups -OCH3 is 1. The number of rotatable bonds is 8. The topological polar surface area (TPSA) is 67.2 Å². The van der Waals surface area contributed by atoms with Crippen LogP contribution in [-0.4, -0.2) is 18.9 Å². The Bertz CT molecular complexity index is 268. The molecule has 4 nitrogen and oxygen atoms in total. The van der Waals surface area contributed by atoms with Gasteiger partial charge < -0.3 is 4.74 Å². The first-order chi connectivity index (χ1) is 7.63. The lowest BCUT2D eigenvalue weighted by molar-refractivity contribution is -0.149. The summed E-state index contributed by atoms with van der Waals surface area (Å²) < 4.78 is 4.57. The summed E-state index contributed by atoms with van der Waals surface area (Å²) in [5.74, 6) is -1.19. The van der Waals surface area contributed by atoms with Crippen LogP contribution >= 0.6 is 0 Å². The third-order valence-electron chi connectivity index (χ3n) is 2.51. The molecule has 16 heavy (non-hydrogen) atoms. The molecule has 90 valence electrons. The monoisotopic (exact) mass is 225 g/mol. The van der Waals surface area contributed by atoms with Gasteiger partial charge in [0.15, 0.2) is 0 Å². The number of ether oxygens (including phenoxy) is 1. The van der Waals surface area contributed by atoms with Gasteiger partial charge in [-0.25, -0.2) is 0 Å². The second kappa shape index (κ2) is 8.90. The van der Waals surface area contributed by atoms with E-state index in [4.69, 9.17) is 5.26 Å². The molecule has 1 atom stereocenters. The average molecular weight is 225 g/mol. The van der Waals surface area contributed by atoms with E-state index in [1.54, 1.807) is 0 Å². The molecule has 0 rings (SSSR count). The Morgan fingerprint density at radius 1 is 1.25 bits per heavy atom. The maximum Gasteiger partial charge on any atom is 0.316 e. The van der Waals surface area contributed by atoms with E-state index in [9.17, 15) is 9.59 Å². The van der Waals surface area contributed by atoms with Gasteiger partial charge in [-0.05, 0) is 19.8 Å². The molecule has 0 N–H and O–H groups in total. The summed E-state index contributed by atoms with van der Waals surface area (Å²) in [7, 11) is 1.30. The maximum atomic E-state index is 11.2. The first kappa shape index (κ1) is 14.6. The zero-order chi connectivity index (χ0) is 12.4. The first-order valence-corrected chi connectivity index (χ1v) is 5.58. The molecule has 0 spiro atoms. The number of nitrogens with zero attached hydrogens (tertiary/aromatic N) is 1. The predicted octanol–water partition coefficient (Wildman–Crippen LogP) is 2.23. The molecule has 1 unspecified atom stereocenters. The van der Waals surface area contributed by atoms with Crippen molar-refractivity contribution in [1.29, 1.82) is 5.26 Å². The van der Waals surface area contributed by atoms with Gasteiger partial charge in [0.2, 0.25) is 0 Å². The van der Waals surface area contributed by atoms with Crippen molar-refractivity contribution >= 4 is 11.8 Å². The van der Waals surface area contributed by atoms with Crippen molar-refractivity contribution in [2.24, 2.45) is 5.92 Å². The van der Waals surface area contributed by atoms with Crippen LogP contribution in [0, 0.1) is 17.2 Å². The molecule has 0 aromatic rings. The van der Waals surface area contributed by atoms with Gasteiger partial charge in [-0.1, -0.05) is 19.3 Å². The van der Waals surface area contributed by atoms with Gasteiger partial charge in [-0.3, -0.25) is 9.59 Å². The van der Waals surface area contributed by atoms with Crippen LogP contribution in [-0.2, 0) is 14.3 Å². The predicted molar refractivity (Wildman–Crippen MR) is 59.5 cm³/mol. The van der Waals surface area contributed by atoms with E-state index in [0.29, 0.717) is 12.8 Å². The van der Waals surface area contributed by atoms with Crippen LogP contribution in [0.5, 0.6) is 0 Å². The van der Waals surface area contributed by atoms with E-state index in [2.05, 4.69) is 10.8 Å². The molecule has 0 aliphatic carbocycles. The van der Waals surface area contributed by atoms with Crippen molar-refractivity contribution in [1.82, 2.24) is 0 Å². The fraction of sp³-hybridized carbons (Fsp3) is 0.750. The van der Waals surface area contributed by atoms with Gasteiger partial charge in [0.1, 0.15) is 11.7 Å². The molecule has 0 radical (unpaired) electrons. The van der Waals surface area contributed by atoms with Crippen molar-refractivity contribution in [3.05, 3.63) is 0 Å². The fourth-order valence-corrected chi connectivity index (χ4v) is 1.54. The van der Waals surface area contributed by atoms with Crippen LogP contribution in [0.2, 0.25) is 0 Å². The number of Topliss-reactive ketones (excluding diaryl/α,β-unsaturated/α-hetero) is 1. The van der Waals surface area contributed by atoms with E-state index in [1.165, 1.54) is 14.0 Å². The highest BCUT2D eigenvalue weighted by atomic mass is 16.5. The van der Waals surface area contributed by atoms with E-state index in [1.807, 2.05) is 0 Å². The minimum atomic E-state index is -0.610. The third-order valence-corrected chi connectivity index (χ3v) is 2.51. The SMILES string of the molecule is COC(=O)C(CCCCCCC#N)C(C)=O. The zero-order valence-electron chi connectivity index (χ0n) is 9.99. The number of carbonyl (C=O) groups excluding carboxylic acids is 2. The van der Waals surface area contributed by atoms with Crippen LogP contribution < -0.4 is 0 Å². The van der Waals surface area contributed by atoms with Crippen molar-refractivity contribution in [3.8, 4) is 6.07 Å². The van der Waals surface area contributed by atoms with E-state index in [0.717, 1.165) is 25.7 Å². The number of hydrogen-bond acceptors (Lipinski definition) is 4. The molecule has 0 fully saturated rings. The number of ketones is 1. The molecule has 0 aliphatic heterocycles. The first-order valence-electron chi connectivity index (χ1n) is 5.58. The standard InChI is InChI=1S/C12H19NO3/c1-10(14)11(12(15)16-2)8-6-4-3-5-7-9-13/h11H,3-8H2,1-2H3. The number of hydrogen-bond donors (Lipinski definition) is 0. The second-order valence-electron chi connectivity index (χ2n) is 3.80. The van der Waals surface area contributed by atoms with E-state index < -0.39 is 11.9 Å². The Morgan fingerprint density at radius 3 is 2.38 bits per heavy atom. The Morgan fingerprint density at radius 2 is 1.88 bits per heavy atom. The minimum Gasteiger partial charge on any atom is -0.468 e. The molecule has 0 bridgehead atoms. The van der Waals surface area contributed by atoms with Gasteiger partial charge in [-0.2, -0.15) is 5.26 Å². The van der Waals surface area contributed by atoms with E-state index >= 15 is 0 Å². The summed E-state index contributed by atoms with van der Waals surface area (Å²) in [6, 6.07) is 2.08. The van der Waals surface area contributed by atoms with Crippen LogP contribution in [0.15, 0.2) is 0 Å². The Labute approximate surface area is 96.6 Å².